The summed E-state index contributed by atoms with van der Waals surface area (Å²) in [6.45, 7) is 1.69. The van der Waals surface area contributed by atoms with E-state index in [-0.39, 0.29) is 17.6 Å². The molecule has 3 aromatic rings. The van der Waals surface area contributed by atoms with Crippen LogP contribution in [0.1, 0.15) is 46.3 Å². The smallest absolute Gasteiger partial charge is 0.275 e. The lowest BCUT2D eigenvalue weighted by molar-refractivity contribution is 0.0922. The number of carbonyl (C=O) groups excluding carboxylic acids is 1. The molecule has 0 aliphatic heterocycles. The Hall–Kier alpha value is -3.09. The molecule has 7 nitrogen and oxygen atoms in total. The number of nitrogens with one attached hydrogen (secondary N) is 1. The summed E-state index contributed by atoms with van der Waals surface area (Å²) in [5, 5.41) is 10.3. The summed E-state index contributed by atoms with van der Waals surface area (Å²) < 4.78 is 4.60. The Bertz CT molecular complexity index is 907. The summed E-state index contributed by atoms with van der Waals surface area (Å²) in [5.41, 5.74) is 3.63. The number of nitrogens with zero attached hydrogens (tertiary/aromatic N) is 4. The van der Waals surface area contributed by atoms with E-state index in [1.807, 2.05) is 36.5 Å². The van der Waals surface area contributed by atoms with Crippen LogP contribution >= 0.6 is 0 Å². The molecular formula is C18H17N5O2. The van der Waals surface area contributed by atoms with Crippen molar-refractivity contribution in [3.05, 3.63) is 59.2 Å². The first-order valence-corrected chi connectivity index (χ1v) is 8.23. The SMILES string of the molecule is Cc1nonc1C(=O)NC1CCCc2nc(-c3ccccc3)ncc21. The Morgan fingerprint density at radius 1 is 1.24 bits per heavy atom. The van der Waals surface area contributed by atoms with Crippen molar-refractivity contribution in [2.45, 2.75) is 32.2 Å². The fourth-order valence-corrected chi connectivity index (χ4v) is 3.09. The standard InChI is InChI=1S/C18H17N5O2/c1-11-16(23-25-22-11)18(24)21-15-9-5-8-14-13(15)10-19-17(20-14)12-6-3-2-4-7-12/h2-4,6-7,10,15H,5,8-9H2,1H3,(H,21,24). The third kappa shape index (κ3) is 3.00. The van der Waals surface area contributed by atoms with Crippen LogP contribution in [0.3, 0.4) is 0 Å². The number of benzene rings is 1. The van der Waals surface area contributed by atoms with Crippen molar-refractivity contribution in [3.8, 4) is 11.4 Å². The van der Waals surface area contributed by atoms with E-state index in [4.69, 9.17) is 4.98 Å². The Morgan fingerprint density at radius 3 is 2.84 bits per heavy atom. The van der Waals surface area contributed by atoms with E-state index in [1.165, 1.54) is 0 Å². The second-order valence-electron chi connectivity index (χ2n) is 6.08. The molecule has 1 atom stereocenters. The predicted molar refractivity (Wildman–Crippen MR) is 89.6 cm³/mol. The van der Waals surface area contributed by atoms with E-state index in [0.29, 0.717) is 11.5 Å². The third-order valence-corrected chi connectivity index (χ3v) is 4.39. The minimum absolute atomic E-state index is 0.128. The van der Waals surface area contributed by atoms with Gasteiger partial charge in [0, 0.05) is 23.0 Å². The topological polar surface area (TPSA) is 93.8 Å². The van der Waals surface area contributed by atoms with Gasteiger partial charge in [-0.1, -0.05) is 35.5 Å². The van der Waals surface area contributed by atoms with E-state index in [0.717, 1.165) is 36.1 Å². The molecule has 0 radical (unpaired) electrons. The van der Waals surface area contributed by atoms with Crippen molar-refractivity contribution in [2.75, 3.05) is 0 Å². The van der Waals surface area contributed by atoms with Crippen LogP contribution in [0.15, 0.2) is 41.2 Å². The summed E-state index contributed by atoms with van der Waals surface area (Å²) in [5.74, 6) is 0.423. The second-order valence-corrected chi connectivity index (χ2v) is 6.08. The first-order chi connectivity index (χ1) is 12.2. The summed E-state index contributed by atoms with van der Waals surface area (Å²) in [7, 11) is 0. The van der Waals surface area contributed by atoms with Crippen LogP contribution in [0.25, 0.3) is 11.4 Å². The second kappa shape index (κ2) is 6.43. The Kier molecular flexibility index (Phi) is 3.97. The van der Waals surface area contributed by atoms with Gasteiger partial charge in [0.1, 0.15) is 5.69 Å². The van der Waals surface area contributed by atoms with E-state index < -0.39 is 0 Å². The molecule has 4 rings (SSSR count). The van der Waals surface area contributed by atoms with Crippen molar-refractivity contribution >= 4 is 5.91 Å². The maximum atomic E-state index is 12.4. The van der Waals surface area contributed by atoms with Crippen molar-refractivity contribution in [1.29, 1.82) is 0 Å². The lowest BCUT2D eigenvalue weighted by atomic mass is 9.92. The molecule has 2 heterocycles. The number of fused-ring (bicyclic) bond motifs is 1. The third-order valence-electron chi connectivity index (χ3n) is 4.39. The van der Waals surface area contributed by atoms with Crippen molar-refractivity contribution in [3.63, 3.8) is 0 Å². The van der Waals surface area contributed by atoms with Crippen molar-refractivity contribution in [1.82, 2.24) is 25.6 Å². The monoisotopic (exact) mass is 335 g/mol. The van der Waals surface area contributed by atoms with Crippen LogP contribution < -0.4 is 5.32 Å². The lowest BCUT2D eigenvalue weighted by Crippen LogP contribution is -2.32. The van der Waals surface area contributed by atoms with Crippen LogP contribution in [-0.2, 0) is 6.42 Å². The molecule has 1 aliphatic rings. The van der Waals surface area contributed by atoms with Gasteiger partial charge in [-0.25, -0.2) is 14.6 Å². The van der Waals surface area contributed by atoms with Crippen LogP contribution in [0, 0.1) is 6.92 Å². The molecule has 1 aromatic carbocycles. The largest absolute Gasteiger partial charge is 0.344 e. The predicted octanol–water partition coefficient (Wildman–Crippen LogP) is 2.64. The number of amides is 1. The zero-order valence-corrected chi connectivity index (χ0v) is 13.8. The highest BCUT2D eigenvalue weighted by atomic mass is 16.6. The lowest BCUT2D eigenvalue weighted by Gasteiger charge is -2.25. The number of carbonyl (C=O) groups is 1. The van der Waals surface area contributed by atoms with Gasteiger partial charge >= 0.3 is 0 Å². The molecule has 0 fully saturated rings. The summed E-state index contributed by atoms with van der Waals surface area (Å²) in [6, 6.07) is 9.75. The van der Waals surface area contributed by atoms with E-state index in [2.05, 4.69) is 25.2 Å². The normalized spacial score (nSPS) is 16.3. The minimum atomic E-state index is -0.288. The maximum Gasteiger partial charge on any atom is 0.275 e. The highest BCUT2D eigenvalue weighted by molar-refractivity contribution is 5.93. The summed E-state index contributed by atoms with van der Waals surface area (Å²) >= 11 is 0. The zero-order valence-electron chi connectivity index (χ0n) is 13.8. The highest BCUT2D eigenvalue weighted by Gasteiger charge is 2.26. The van der Waals surface area contributed by atoms with E-state index in [1.54, 1.807) is 6.92 Å². The average molecular weight is 335 g/mol. The highest BCUT2D eigenvalue weighted by Crippen LogP contribution is 2.29. The number of rotatable bonds is 3. The molecule has 0 saturated heterocycles. The minimum Gasteiger partial charge on any atom is -0.344 e. The van der Waals surface area contributed by atoms with Crippen LogP contribution in [0.5, 0.6) is 0 Å². The first kappa shape index (κ1) is 15.4. The average Bonchev–Trinajstić information content (AvgIpc) is 3.08. The van der Waals surface area contributed by atoms with E-state index in [9.17, 15) is 4.79 Å². The molecular weight excluding hydrogens is 318 g/mol. The van der Waals surface area contributed by atoms with Gasteiger partial charge in [-0.2, -0.15) is 0 Å². The number of aryl methyl sites for hydroxylation is 2. The summed E-state index contributed by atoms with van der Waals surface area (Å²) in [6.07, 6.45) is 4.51. The van der Waals surface area contributed by atoms with Crippen LogP contribution in [-0.4, -0.2) is 26.2 Å². The number of hydrogen-bond donors (Lipinski definition) is 1. The molecule has 0 saturated carbocycles. The Balaban J connectivity index is 1.60. The molecule has 7 heteroatoms. The van der Waals surface area contributed by atoms with Crippen molar-refractivity contribution in [2.24, 2.45) is 0 Å². The molecule has 1 aliphatic carbocycles. The van der Waals surface area contributed by atoms with Crippen LogP contribution in [0.4, 0.5) is 0 Å². The van der Waals surface area contributed by atoms with Gasteiger partial charge in [-0.3, -0.25) is 4.79 Å². The summed E-state index contributed by atoms with van der Waals surface area (Å²) in [4.78, 5) is 21.6. The van der Waals surface area contributed by atoms with Gasteiger partial charge in [0.05, 0.1) is 6.04 Å². The molecule has 0 bridgehead atoms. The first-order valence-electron chi connectivity index (χ1n) is 8.23. The van der Waals surface area contributed by atoms with E-state index >= 15 is 0 Å². The van der Waals surface area contributed by atoms with Gasteiger partial charge in [0.2, 0.25) is 0 Å². The molecule has 2 aromatic heterocycles. The van der Waals surface area contributed by atoms with Crippen LogP contribution in [0.2, 0.25) is 0 Å². The number of hydrogen-bond acceptors (Lipinski definition) is 6. The van der Waals surface area contributed by atoms with Gasteiger partial charge in [0.15, 0.2) is 11.5 Å². The molecule has 25 heavy (non-hydrogen) atoms. The number of aromatic nitrogens is 4. The Morgan fingerprint density at radius 2 is 2.08 bits per heavy atom. The van der Waals surface area contributed by atoms with Gasteiger partial charge in [-0.15, -0.1) is 0 Å². The van der Waals surface area contributed by atoms with Gasteiger partial charge in [0.25, 0.3) is 5.91 Å². The quantitative estimate of drug-likeness (QED) is 0.791. The van der Waals surface area contributed by atoms with Gasteiger partial charge in [-0.05, 0) is 31.3 Å². The fraction of sp³-hybridized carbons (Fsp3) is 0.278. The molecule has 1 amide bonds. The molecule has 1 N–H and O–H groups in total. The van der Waals surface area contributed by atoms with Crippen molar-refractivity contribution < 1.29 is 9.42 Å². The molecule has 0 spiro atoms. The molecule has 126 valence electrons. The van der Waals surface area contributed by atoms with Gasteiger partial charge < -0.3 is 5.32 Å². The molecule has 1 unspecified atom stereocenters. The maximum absolute atomic E-state index is 12.4. The fourth-order valence-electron chi connectivity index (χ4n) is 3.09. The Labute approximate surface area is 144 Å². The zero-order chi connectivity index (χ0) is 17.2.